The van der Waals surface area contributed by atoms with Crippen LogP contribution in [0.5, 0.6) is 0 Å². The minimum atomic E-state index is -3.86. The Morgan fingerprint density at radius 3 is 2.43 bits per heavy atom. The second-order valence-corrected chi connectivity index (χ2v) is 15.0. The Morgan fingerprint density at radius 2 is 1.71 bits per heavy atom. The second-order valence-electron chi connectivity index (χ2n) is 11.7. The van der Waals surface area contributed by atoms with Crippen LogP contribution in [0.4, 0.5) is 4.79 Å². The van der Waals surface area contributed by atoms with Gasteiger partial charge in [-0.05, 0) is 56.7 Å². The van der Waals surface area contributed by atoms with E-state index in [1.165, 1.54) is 35.2 Å². The quantitative estimate of drug-likeness (QED) is 0.428. The van der Waals surface area contributed by atoms with Crippen LogP contribution in [0.2, 0.25) is 4.34 Å². The third-order valence-electron chi connectivity index (χ3n) is 8.68. The van der Waals surface area contributed by atoms with Gasteiger partial charge < -0.3 is 20.0 Å². The van der Waals surface area contributed by atoms with Gasteiger partial charge >= 0.3 is 6.03 Å². The van der Waals surface area contributed by atoms with Crippen LogP contribution in [-0.4, -0.2) is 116 Å². The fourth-order valence-electron chi connectivity index (χ4n) is 6.39. The molecule has 14 heteroatoms. The van der Waals surface area contributed by atoms with Crippen molar-refractivity contribution in [3.05, 3.63) is 26.8 Å². The minimum absolute atomic E-state index is 0.0365. The SMILES string of the molecule is O=C(NC1CCCC1)N1CCN(C[C@@H]2CCCN2C(=O)CN2CCC[C@H](NS(=O)(=O)/C=C/c3ccc(Cl)s3)C2=O)CC1. The summed E-state index contributed by atoms with van der Waals surface area (Å²) in [6.07, 6.45) is 8.78. The molecule has 42 heavy (non-hydrogen) atoms. The number of thiophene rings is 1. The molecule has 0 aromatic carbocycles. The van der Waals surface area contributed by atoms with E-state index in [2.05, 4.69) is 14.9 Å². The average molecular weight is 641 g/mol. The van der Waals surface area contributed by atoms with E-state index in [4.69, 9.17) is 11.6 Å². The molecular weight excluding hydrogens is 600 g/mol. The molecule has 0 unspecified atom stereocenters. The highest BCUT2D eigenvalue weighted by molar-refractivity contribution is 7.92. The number of nitrogens with one attached hydrogen (secondary N) is 2. The van der Waals surface area contributed by atoms with Gasteiger partial charge in [0.25, 0.3) is 0 Å². The van der Waals surface area contributed by atoms with Crippen molar-refractivity contribution in [2.45, 2.75) is 69.5 Å². The molecule has 2 N–H and O–H groups in total. The summed E-state index contributed by atoms with van der Waals surface area (Å²) in [6, 6.07) is 2.93. The Labute approximate surface area is 257 Å². The van der Waals surface area contributed by atoms with Crippen LogP contribution >= 0.6 is 22.9 Å². The Morgan fingerprint density at radius 1 is 0.976 bits per heavy atom. The number of halogens is 1. The molecule has 1 saturated carbocycles. The number of piperazine rings is 1. The van der Waals surface area contributed by atoms with Crippen LogP contribution in [0.25, 0.3) is 6.08 Å². The monoisotopic (exact) mass is 640 g/mol. The summed E-state index contributed by atoms with van der Waals surface area (Å²) in [5, 5.41) is 4.21. The zero-order chi connectivity index (χ0) is 29.7. The van der Waals surface area contributed by atoms with E-state index in [0.29, 0.717) is 54.3 Å². The van der Waals surface area contributed by atoms with E-state index < -0.39 is 16.1 Å². The van der Waals surface area contributed by atoms with Crippen molar-refractivity contribution in [3.63, 3.8) is 0 Å². The molecule has 0 spiro atoms. The van der Waals surface area contributed by atoms with Crippen molar-refractivity contribution < 1.29 is 22.8 Å². The van der Waals surface area contributed by atoms with Crippen LogP contribution in [0.3, 0.4) is 0 Å². The van der Waals surface area contributed by atoms with Gasteiger partial charge in [0, 0.05) is 68.2 Å². The number of carbonyl (C=O) groups excluding carboxylic acids is 3. The van der Waals surface area contributed by atoms with Gasteiger partial charge in [-0.1, -0.05) is 24.4 Å². The largest absolute Gasteiger partial charge is 0.337 e. The summed E-state index contributed by atoms with van der Waals surface area (Å²) >= 11 is 7.17. The van der Waals surface area contributed by atoms with Crippen LogP contribution in [0.15, 0.2) is 17.5 Å². The fraction of sp³-hybridized carbons (Fsp3) is 0.679. The van der Waals surface area contributed by atoms with Gasteiger partial charge in [-0.15, -0.1) is 11.3 Å². The number of amides is 4. The van der Waals surface area contributed by atoms with Crippen molar-refractivity contribution in [1.29, 1.82) is 0 Å². The second kappa shape index (κ2) is 14.1. The van der Waals surface area contributed by atoms with Gasteiger partial charge in [0.2, 0.25) is 21.8 Å². The summed E-state index contributed by atoms with van der Waals surface area (Å²) in [5.41, 5.74) is 0. The lowest BCUT2D eigenvalue weighted by molar-refractivity contribution is -0.143. The first kappa shape index (κ1) is 31.2. The molecule has 5 rings (SSSR count). The molecule has 0 radical (unpaired) electrons. The van der Waals surface area contributed by atoms with Gasteiger partial charge in [-0.2, -0.15) is 4.72 Å². The molecule has 2 atom stereocenters. The fourth-order valence-corrected chi connectivity index (χ4v) is 8.46. The van der Waals surface area contributed by atoms with Crippen LogP contribution < -0.4 is 10.0 Å². The van der Waals surface area contributed by atoms with Gasteiger partial charge in [0.05, 0.1) is 10.9 Å². The molecule has 4 fully saturated rings. The molecule has 4 amide bonds. The molecule has 11 nitrogen and oxygen atoms in total. The molecule has 1 aromatic rings. The zero-order valence-corrected chi connectivity index (χ0v) is 26.3. The number of urea groups is 1. The summed E-state index contributed by atoms with van der Waals surface area (Å²) in [4.78, 5) is 47.4. The highest BCUT2D eigenvalue weighted by atomic mass is 35.5. The van der Waals surface area contributed by atoms with Crippen molar-refractivity contribution in [2.24, 2.45) is 0 Å². The number of sulfonamides is 1. The average Bonchev–Trinajstić information content (AvgIpc) is 3.73. The van der Waals surface area contributed by atoms with Crippen LogP contribution in [-0.2, 0) is 19.6 Å². The smallest absolute Gasteiger partial charge is 0.317 e. The van der Waals surface area contributed by atoms with Crippen molar-refractivity contribution >= 4 is 56.9 Å². The maximum atomic E-state index is 13.4. The van der Waals surface area contributed by atoms with E-state index in [-0.39, 0.29) is 30.4 Å². The van der Waals surface area contributed by atoms with E-state index in [1.807, 2.05) is 9.80 Å². The first-order valence-electron chi connectivity index (χ1n) is 15.0. The summed E-state index contributed by atoms with van der Waals surface area (Å²) < 4.78 is 28.3. The van der Waals surface area contributed by atoms with Crippen molar-refractivity contribution in [2.75, 3.05) is 52.4 Å². The lowest BCUT2D eigenvalue weighted by atomic mass is 10.1. The topological polar surface area (TPSA) is 122 Å². The number of rotatable bonds is 9. The molecular formula is C28H41ClN6O5S2. The predicted molar refractivity (Wildman–Crippen MR) is 164 cm³/mol. The molecule has 1 aromatic heterocycles. The minimum Gasteiger partial charge on any atom is -0.337 e. The number of carbonyl (C=O) groups is 3. The normalized spacial score (nSPS) is 24.7. The van der Waals surface area contributed by atoms with Gasteiger partial charge in [-0.3, -0.25) is 14.5 Å². The Balaban J connectivity index is 1.08. The first-order chi connectivity index (χ1) is 20.2. The number of hydrogen-bond donors (Lipinski definition) is 2. The number of likely N-dealkylation sites (tertiary alicyclic amines) is 2. The standard InChI is InChI=1S/C28H41ClN6O5S2/c29-25-10-9-23(41-25)11-18-42(39,40)31-24-8-4-12-34(27(24)37)20-26(36)35-13-3-7-22(35)19-32-14-16-33(17-15-32)28(38)30-21-5-1-2-6-21/h9-11,18,21-22,24,31H,1-8,12-17,19-20H2,(H,30,38)/b18-11+/t22-,24-/m0/s1. The Bertz CT molecular complexity index is 1260. The molecule has 1 aliphatic carbocycles. The summed E-state index contributed by atoms with van der Waals surface area (Å²) in [5.74, 6) is -0.466. The summed E-state index contributed by atoms with van der Waals surface area (Å²) in [7, 11) is -3.86. The van der Waals surface area contributed by atoms with Gasteiger partial charge in [0.1, 0.15) is 6.04 Å². The van der Waals surface area contributed by atoms with Crippen molar-refractivity contribution in [3.8, 4) is 0 Å². The number of hydrogen-bond acceptors (Lipinski definition) is 7. The molecule has 3 saturated heterocycles. The van der Waals surface area contributed by atoms with Crippen LogP contribution in [0, 0.1) is 0 Å². The lowest BCUT2D eigenvalue weighted by Crippen LogP contribution is -2.56. The van der Waals surface area contributed by atoms with Crippen molar-refractivity contribution in [1.82, 2.24) is 29.6 Å². The maximum absolute atomic E-state index is 13.4. The lowest BCUT2D eigenvalue weighted by Gasteiger charge is -2.38. The summed E-state index contributed by atoms with van der Waals surface area (Å²) in [6.45, 7) is 4.69. The highest BCUT2D eigenvalue weighted by Gasteiger charge is 2.36. The highest BCUT2D eigenvalue weighted by Crippen LogP contribution is 2.24. The third kappa shape index (κ3) is 8.25. The zero-order valence-electron chi connectivity index (χ0n) is 23.9. The number of nitrogens with zero attached hydrogens (tertiary/aromatic N) is 4. The molecule has 3 aliphatic heterocycles. The first-order valence-corrected chi connectivity index (χ1v) is 17.7. The van der Waals surface area contributed by atoms with E-state index in [9.17, 15) is 22.8 Å². The molecule has 4 heterocycles. The molecule has 232 valence electrons. The maximum Gasteiger partial charge on any atom is 0.317 e. The Hall–Kier alpha value is -2.19. The van der Waals surface area contributed by atoms with Gasteiger partial charge in [-0.25, -0.2) is 13.2 Å². The third-order valence-corrected chi connectivity index (χ3v) is 11.0. The Kier molecular flexibility index (Phi) is 10.5. The predicted octanol–water partition coefficient (Wildman–Crippen LogP) is 2.54. The van der Waals surface area contributed by atoms with E-state index in [0.717, 1.165) is 50.7 Å². The van der Waals surface area contributed by atoms with Crippen LogP contribution in [0.1, 0.15) is 56.2 Å². The van der Waals surface area contributed by atoms with Gasteiger partial charge in [0.15, 0.2) is 0 Å². The van der Waals surface area contributed by atoms with E-state index in [1.54, 1.807) is 12.1 Å². The van der Waals surface area contributed by atoms with E-state index >= 15 is 0 Å². The molecule has 0 bridgehead atoms. The number of piperidine rings is 1. The molecule has 4 aliphatic rings.